The molecular weight excluding hydrogens is 889 g/mol. The second kappa shape index (κ2) is 60.9. The van der Waals surface area contributed by atoms with Gasteiger partial charge in [0, 0.05) is 19.3 Å². The summed E-state index contributed by atoms with van der Waals surface area (Å²) >= 11 is 0. The Morgan fingerprint density at radius 2 is 0.556 bits per heavy atom. The topological polar surface area (TPSA) is 78.9 Å². The molecule has 72 heavy (non-hydrogen) atoms. The van der Waals surface area contributed by atoms with Crippen LogP contribution >= 0.6 is 0 Å². The van der Waals surface area contributed by atoms with Gasteiger partial charge in [-0.2, -0.15) is 0 Å². The first-order chi connectivity index (χ1) is 35.5. The van der Waals surface area contributed by atoms with Gasteiger partial charge in [0.2, 0.25) is 0 Å². The molecular formula is C66H120O6. The van der Waals surface area contributed by atoms with Crippen LogP contribution in [0.1, 0.15) is 335 Å². The van der Waals surface area contributed by atoms with Gasteiger partial charge < -0.3 is 14.2 Å². The van der Waals surface area contributed by atoms with Crippen LogP contribution in [0.4, 0.5) is 0 Å². The van der Waals surface area contributed by atoms with Gasteiger partial charge >= 0.3 is 17.9 Å². The fraction of sp³-hybridized carbons (Fsp3) is 0.833. The Labute approximate surface area is 448 Å². The van der Waals surface area contributed by atoms with E-state index in [1.165, 1.54) is 205 Å². The summed E-state index contributed by atoms with van der Waals surface area (Å²) in [7, 11) is 0. The highest BCUT2D eigenvalue weighted by Gasteiger charge is 2.19. The summed E-state index contributed by atoms with van der Waals surface area (Å²) in [5.74, 6) is -0.879. The van der Waals surface area contributed by atoms with E-state index < -0.39 is 6.10 Å². The molecule has 1 atom stereocenters. The molecule has 0 aliphatic rings. The maximum atomic E-state index is 12.9. The van der Waals surface area contributed by atoms with Gasteiger partial charge in [0.15, 0.2) is 6.10 Å². The molecule has 0 aromatic heterocycles. The second-order valence-corrected chi connectivity index (χ2v) is 21.3. The number of allylic oxidation sites excluding steroid dienone is 8. The largest absolute Gasteiger partial charge is 0.462 e. The molecule has 0 aliphatic heterocycles. The average molecular weight is 1010 g/mol. The fourth-order valence-corrected chi connectivity index (χ4v) is 9.32. The van der Waals surface area contributed by atoms with Crippen molar-refractivity contribution in [1.82, 2.24) is 0 Å². The van der Waals surface area contributed by atoms with Crippen LogP contribution in [0.15, 0.2) is 48.6 Å². The monoisotopic (exact) mass is 1010 g/mol. The van der Waals surface area contributed by atoms with Crippen molar-refractivity contribution >= 4 is 17.9 Å². The van der Waals surface area contributed by atoms with Crippen LogP contribution in [0.3, 0.4) is 0 Å². The molecule has 0 saturated heterocycles. The van der Waals surface area contributed by atoms with Gasteiger partial charge in [0.1, 0.15) is 13.2 Å². The predicted molar refractivity (Wildman–Crippen MR) is 312 cm³/mol. The summed E-state index contributed by atoms with van der Waals surface area (Å²) in [5, 5.41) is 0. The summed E-state index contributed by atoms with van der Waals surface area (Å²) < 4.78 is 16.9. The van der Waals surface area contributed by atoms with Gasteiger partial charge in [0.05, 0.1) is 0 Å². The normalized spacial score (nSPS) is 12.3. The highest BCUT2D eigenvalue weighted by Crippen LogP contribution is 2.18. The summed E-state index contributed by atoms with van der Waals surface area (Å²) in [5.41, 5.74) is 0. The first-order valence-electron chi connectivity index (χ1n) is 31.6. The average Bonchev–Trinajstić information content (AvgIpc) is 3.38. The third-order valence-electron chi connectivity index (χ3n) is 14.1. The second-order valence-electron chi connectivity index (χ2n) is 21.3. The zero-order valence-corrected chi connectivity index (χ0v) is 48.2. The van der Waals surface area contributed by atoms with E-state index in [1.807, 2.05) is 0 Å². The van der Waals surface area contributed by atoms with Gasteiger partial charge in [-0.15, -0.1) is 0 Å². The van der Waals surface area contributed by atoms with Gasteiger partial charge in [-0.25, -0.2) is 0 Å². The molecule has 0 bridgehead atoms. The minimum atomic E-state index is -0.780. The van der Waals surface area contributed by atoms with E-state index >= 15 is 0 Å². The van der Waals surface area contributed by atoms with E-state index in [1.54, 1.807) is 0 Å². The summed E-state index contributed by atoms with van der Waals surface area (Å²) in [6.07, 6.45) is 75.6. The Balaban J connectivity index is 4.19. The van der Waals surface area contributed by atoms with Crippen molar-refractivity contribution in [3.05, 3.63) is 48.6 Å². The number of carbonyl (C=O) groups excluding carboxylic acids is 3. The highest BCUT2D eigenvalue weighted by molar-refractivity contribution is 5.71. The summed E-state index contributed by atoms with van der Waals surface area (Å²) in [6.45, 7) is 6.52. The van der Waals surface area contributed by atoms with E-state index in [0.29, 0.717) is 19.3 Å². The maximum absolute atomic E-state index is 12.9. The fourth-order valence-electron chi connectivity index (χ4n) is 9.32. The zero-order chi connectivity index (χ0) is 52.2. The van der Waals surface area contributed by atoms with Crippen molar-refractivity contribution in [2.24, 2.45) is 0 Å². The van der Waals surface area contributed by atoms with E-state index in [0.717, 1.165) is 89.9 Å². The van der Waals surface area contributed by atoms with Crippen LogP contribution in [0.2, 0.25) is 0 Å². The number of carbonyl (C=O) groups is 3. The zero-order valence-electron chi connectivity index (χ0n) is 48.2. The molecule has 0 aromatic carbocycles. The van der Waals surface area contributed by atoms with Gasteiger partial charge in [-0.05, 0) is 70.6 Å². The van der Waals surface area contributed by atoms with Gasteiger partial charge in [-0.3, -0.25) is 14.4 Å². The molecule has 6 nitrogen and oxygen atoms in total. The number of unbranched alkanes of at least 4 members (excludes halogenated alkanes) is 39. The predicted octanol–water partition coefficient (Wildman–Crippen LogP) is 21.4. The molecule has 0 aromatic rings. The molecule has 1 unspecified atom stereocenters. The van der Waals surface area contributed by atoms with Crippen LogP contribution in [0.25, 0.3) is 0 Å². The number of hydrogen-bond donors (Lipinski definition) is 0. The number of rotatable bonds is 58. The SMILES string of the molecule is CC/C=C\C/C=C\C/C=C\CCCCCCCCCC(=O)OC(COC(=O)CCCCCCC/C=C\CCCC)COC(=O)CCCCCCCCCCCCCCCCCCCCCCCCCCCC. The van der Waals surface area contributed by atoms with Crippen molar-refractivity contribution in [1.29, 1.82) is 0 Å². The number of esters is 3. The molecule has 0 heterocycles. The van der Waals surface area contributed by atoms with E-state index in [4.69, 9.17) is 14.2 Å². The van der Waals surface area contributed by atoms with Crippen molar-refractivity contribution in [2.45, 2.75) is 341 Å². The minimum absolute atomic E-state index is 0.0766. The molecule has 0 N–H and O–H groups in total. The summed E-state index contributed by atoms with van der Waals surface area (Å²) in [6, 6.07) is 0. The minimum Gasteiger partial charge on any atom is -0.462 e. The standard InChI is InChI=1S/C66H120O6/c1-4-7-10-13-16-19-22-24-26-28-29-30-31-32-33-34-35-36-38-39-41-44-47-50-53-56-59-65(68)71-62-63(61-70-64(67)58-55-52-49-46-43-21-18-15-12-9-6-3)72-66(69)60-57-54-51-48-45-42-40-37-27-25-23-20-17-14-11-8-5-2/h8,11,15,17-18,20,25,27,63H,4-7,9-10,12-14,16,19,21-24,26,28-62H2,1-3H3/b11-8-,18-15-,20-17-,27-25-. The molecule has 0 fully saturated rings. The Kier molecular flexibility index (Phi) is 58.7. The molecule has 0 spiro atoms. The first kappa shape index (κ1) is 69.4. The Morgan fingerprint density at radius 3 is 0.903 bits per heavy atom. The van der Waals surface area contributed by atoms with Gasteiger partial charge in [-0.1, -0.05) is 294 Å². The maximum Gasteiger partial charge on any atom is 0.306 e. The Morgan fingerprint density at radius 1 is 0.292 bits per heavy atom. The smallest absolute Gasteiger partial charge is 0.306 e. The van der Waals surface area contributed by atoms with Crippen LogP contribution in [-0.2, 0) is 28.6 Å². The lowest BCUT2D eigenvalue weighted by Crippen LogP contribution is -2.30. The highest BCUT2D eigenvalue weighted by atomic mass is 16.6. The molecule has 0 aliphatic carbocycles. The van der Waals surface area contributed by atoms with Crippen molar-refractivity contribution in [3.63, 3.8) is 0 Å². The summed E-state index contributed by atoms with van der Waals surface area (Å²) in [4.78, 5) is 38.2. The lowest BCUT2D eigenvalue weighted by atomic mass is 10.0. The number of hydrogen-bond acceptors (Lipinski definition) is 6. The van der Waals surface area contributed by atoms with E-state index in [-0.39, 0.29) is 31.1 Å². The molecule has 0 radical (unpaired) electrons. The van der Waals surface area contributed by atoms with Crippen molar-refractivity contribution in [2.75, 3.05) is 13.2 Å². The molecule has 6 heteroatoms. The molecule has 420 valence electrons. The van der Waals surface area contributed by atoms with Crippen LogP contribution in [-0.4, -0.2) is 37.2 Å². The third kappa shape index (κ3) is 58.3. The van der Waals surface area contributed by atoms with Crippen LogP contribution in [0, 0.1) is 0 Å². The third-order valence-corrected chi connectivity index (χ3v) is 14.1. The van der Waals surface area contributed by atoms with E-state index in [9.17, 15) is 14.4 Å². The Bertz CT molecular complexity index is 1250. The van der Waals surface area contributed by atoms with E-state index in [2.05, 4.69) is 69.4 Å². The van der Waals surface area contributed by atoms with Crippen molar-refractivity contribution in [3.8, 4) is 0 Å². The quantitative estimate of drug-likeness (QED) is 0.0261. The molecule has 0 rings (SSSR count). The van der Waals surface area contributed by atoms with Crippen LogP contribution < -0.4 is 0 Å². The van der Waals surface area contributed by atoms with Crippen molar-refractivity contribution < 1.29 is 28.6 Å². The van der Waals surface area contributed by atoms with Gasteiger partial charge in [0.25, 0.3) is 0 Å². The molecule has 0 amide bonds. The Hall–Kier alpha value is -2.63. The number of ether oxygens (including phenoxy) is 3. The van der Waals surface area contributed by atoms with Crippen LogP contribution in [0.5, 0.6) is 0 Å². The lowest BCUT2D eigenvalue weighted by Gasteiger charge is -2.18. The molecule has 0 saturated carbocycles. The lowest BCUT2D eigenvalue weighted by molar-refractivity contribution is -0.167. The first-order valence-corrected chi connectivity index (χ1v) is 31.6.